The summed E-state index contributed by atoms with van der Waals surface area (Å²) in [5.74, 6) is -0.707. The maximum atomic E-state index is 11.2. The number of likely N-dealkylation sites (N-methyl/N-ethyl adjacent to an activating group) is 1. The lowest BCUT2D eigenvalue weighted by molar-refractivity contribution is -0.116. The Hall–Kier alpha value is -1.84. The van der Waals surface area contributed by atoms with Crippen molar-refractivity contribution in [1.29, 1.82) is 0 Å². The summed E-state index contributed by atoms with van der Waals surface area (Å²) in [6.45, 7) is 21.9. The van der Waals surface area contributed by atoms with Crippen molar-refractivity contribution in [3.63, 3.8) is 0 Å². The summed E-state index contributed by atoms with van der Waals surface area (Å²) in [4.78, 5) is 14.6. The molecule has 19 heavy (non-hydrogen) atoms. The van der Waals surface area contributed by atoms with Crippen LogP contribution in [0.4, 0.5) is 0 Å². The minimum atomic E-state index is -0.396. The predicted molar refractivity (Wildman–Crippen MR) is 86.7 cm³/mol. The smallest absolute Gasteiger partial charge is 0.253 e. The Morgan fingerprint density at radius 3 is 1.68 bits per heavy atom. The lowest BCUT2D eigenvalue weighted by Gasteiger charge is -2.04. The van der Waals surface area contributed by atoms with Gasteiger partial charge in [-0.1, -0.05) is 60.8 Å². The van der Waals surface area contributed by atoms with Gasteiger partial charge in [0, 0.05) is 7.05 Å². The molecule has 0 bridgehead atoms. The first-order valence-electron chi connectivity index (χ1n) is 6.52. The Bertz CT molecular complexity index is 293. The Morgan fingerprint density at radius 2 is 1.53 bits per heavy atom. The van der Waals surface area contributed by atoms with Gasteiger partial charge in [0.2, 0.25) is 0 Å². The third-order valence-corrected chi connectivity index (χ3v) is 1.36. The molecule has 0 aliphatic rings. The topological polar surface area (TPSA) is 61.7 Å². The van der Waals surface area contributed by atoms with Crippen LogP contribution in [-0.2, 0) is 4.79 Å². The molecule has 4 nitrogen and oxygen atoms in total. The molecule has 0 heterocycles. The highest BCUT2D eigenvalue weighted by atomic mass is 16.3. The summed E-state index contributed by atoms with van der Waals surface area (Å²) in [7, 11) is 1.46. The predicted octanol–water partition coefficient (Wildman–Crippen LogP) is 4.02. The van der Waals surface area contributed by atoms with Gasteiger partial charge >= 0.3 is 0 Å². The molecule has 0 saturated heterocycles. The Morgan fingerprint density at radius 1 is 1.16 bits per heavy atom. The van der Waals surface area contributed by atoms with E-state index in [1.807, 2.05) is 41.5 Å². The van der Waals surface area contributed by atoms with Crippen LogP contribution in [0.25, 0.3) is 0 Å². The van der Waals surface area contributed by atoms with Crippen LogP contribution in [0.2, 0.25) is 0 Å². The van der Waals surface area contributed by atoms with Crippen molar-refractivity contribution in [2.75, 3.05) is 7.05 Å². The molecule has 0 aromatic carbocycles. The second-order valence-corrected chi connectivity index (χ2v) is 2.15. The molecule has 0 spiro atoms. The quantitative estimate of drug-likeness (QED) is 0.351. The first kappa shape index (κ1) is 25.9. The molecular formula is C15H30N2O2. The number of hydrogen-bond acceptors (Lipinski definition) is 3. The highest BCUT2D eigenvalue weighted by molar-refractivity contribution is 5.97. The monoisotopic (exact) mass is 270 g/mol. The normalized spacial score (nSPS) is 8.58. The fourth-order valence-electron chi connectivity index (χ4n) is 0.763. The molecule has 0 aliphatic heterocycles. The van der Waals surface area contributed by atoms with E-state index < -0.39 is 5.91 Å². The zero-order valence-electron chi connectivity index (χ0n) is 13.5. The van der Waals surface area contributed by atoms with Crippen molar-refractivity contribution in [3.8, 4) is 0 Å². The second-order valence-electron chi connectivity index (χ2n) is 2.15. The number of carbonyl (C=O) groups is 1. The van der Waals surface area contributed by atoms with Crippen LogP contribution < -0.4 is 5.32 Å². The first-order chi connectivity index (χ1) is 9.08. The number of aliphatic hydroxyl groups excluding tert-OH is 1. The van der Waals surface area contributed by atoms with E-state index in [4.69, 9.17) is 5.11 Å². The average molecular weight is 270 g/mol. The number of aliphatic hydroxyl groups is 1. The minimum Gasteiger partial charge on any atom is -0.506 e. The summed E-state index contributed by atoms with van der Waals surface area (Å²) in [5.41, 5.74) is 0.180. The Balaban J connectivity index is -0.000000163. The molecule has 1 amide bonds. The fourth-order valence-corrected chi connectivity index (χ4v) is 0.763. The molecule has 0 fully saturated rings. The third kappa shape index (κ3) is 12.4. The van der Waals surface area contributed by atoms with Gasteiger partial charge in [0.25, 0.3) is 5.91 Å². The van der Waals surface area contributed by atoms with Crippen molar-refractivity contribution < 1.29 is 9.90 Å². The Kier molecular flexibility index (Phi) is 29.2. The molecule has 0 aromatic rings. The van der Waals surface area contributed by atoms with Crippen LogP contribution in [-0.4, -0.2) is 24.8 Å². The van der Waals surface area contributed by atoms with E-state index in [0.717, 1.165) is 0 Å². The van der Waals surface area contributed by atoms with Gasteiger partial charge in [-0.3, -0.25) is 9.79 Å². The fraction of sp³-hybridized carbons (Fsp3) is 0.467. The second kappa shape index (κ2) is 21.4. The number of rotatable bonds is 4. The van der Waals surface area contributed by atoms with E-state index >= 15 is 0 Å². The SMILES string of the molecule is C=C/C(C(=O)NC)=C(\N=C)C(=C)O.CC.CC.CC. The van der Waals surface area contributed by atoms with Crippen molar-refractivity contribution in [3.05, 3.63) is 36.3 Å². The molecule has 4 heteroatoms. The van der Waals surface area contributed by atoms with Crippen molar-refractivity contribution in [2.45, 2.75) is 41.5 Å². The summed E-state index contributed by atoms with van der Waals surface area (Å²) >= 11 is 0. The summed E-state index contributed by atoms with van der Waals surface area (Å²) < 4.78 is 0. The van der Waals surface area contributed by atoms with Crippen LogP contribution in [0.15, 0.2) is 41.3 Å². The van der Waals surface area contributed by atoms with Crippen LogP contribution >= 0.6 is 0 Å². The summed E-state index contributed by atoms with van der Waals surface area (Å²) in [6, 6.07) is 0. The third-order valence-electron chi connectivity index (χ3n) is 1.36. The molecule has 0 radical (unpaired) electrons. The molecular weight excluding hydrogens is 240 g/mol. The van der Waals surface area contributed by atoms with E-state index in [0.29, 0.717) is 0 Å². The van der Waals surface area contributed by atoms with E-state index in [1.54, 1.807) is 0 Å². The van der Waals surface area contributed by atoms with Gasteiger partial charge in [-0.2, -0.15) is 0 Å². The van der Waals surface area contributed by atoms with Crippen LogP contribution in [0.1, 0.15) is 41.5 Å². The van der Waals surface area contributed by atoms with E-state index in [9.17, 15) is 4.79 Å². The maximum Gasteiger partial charge on any atom is 0.253 e. The minimum absolute atomic E-state index is 0.0364. The number of nitrogens with one attached hydrogen (secondary N) is 1. The zero-order valence-corrected chi connectivity index (χ0v) is 13.5. The lowest BCUT2D eigenvalue weighted by atomic mass is 10.1. The largest absolute Gasteiger partial charge is 0.506 e. The lowest BCUT2D eigenvalue weighted by Crippen LogP contribution is -2.20. The molecule has 0 aliphatic carbocycles. The van der Waals surface area contributed by atoms with E-state index in [2.05, 4.69) is 30.2 Å². The highest BCUT2D eigenvalue weighted by Crippen LogP contribution is 2.13. The van der Waals surface area contributed by atoms with Crippen molar-refractivity contribution >= 4 is 12.6 Å². The van der Waals surface area contributed by atoms with Gasteiger partial charge < -0.3 is 10.4 Å². The zero-order chi connectivity index (χ0) is 16.4. The standard InChI is InChI=1S/C9H12N2O2.3C2H6/c1-5-7(9(13)11-4)8(10-3)6(2)12;3*1-2/h5,12H,1-3H2,4H3,(H,11,13);3*1-2H3/b8-7+;;;. The van der Waals surface area contributed by atoms with Crippen LogP contribution in [0.5, 0.6) is 0 Å². The molecule has 2 N–H and O–H groups in total. The summed E-state index contributed by atoms with van der Waals surface area (Å²) in [5, 5.41) is 11.4. The van der Waals surface area contributed by atoms with Gasteiger partial charge in [-0.25, -0.2) is 0 Å². The maximum absolute atomic E-state index is 11.2. The number of amides is 1. The molecule has 0 rings (SSSR count). The van der Waals surface area contributed by atoms with Gasteiger partial charge in [-0.05, 0) is 6.72 Å². The number of nitrogens with zero attached hydrogens (tertiary/aromatic N) is 1. The molecule has 112 valence electrons. The van der Waals surface area contributed by atoms with Gasteiger partial charge in [0.05, 0.1) is 5.57 Å². The summed E-state index contributed by atoms with van der Waals surface area (Å²) in [6.07, 6.45) is 1.28. The van der Waals surface area contributed by atoms with Gasteiger partial charge in [0.15, 0.2) is 0 Å². The van der Waals surface area contributed by atoms with Crippen molar-refractivity contribution in [2.24, 2.45) is 4.99 Å². The number of aliphatic imine (C=N–C) groups is 1. The van der Waals surface area contributed by atoms with Crippen LogP contribution in [0, 0.1) is 0 Å². The van der Waals surface area contributed by atoms with Gasteiger partial charge in [-0.15, -0.1) is 0 Å². The average Bonchev–Trinajstić information content (AvgIpc) is 2.49. The molecule has 0 saturated carbocycles. The van der Waals surface area contributed by atoms with Crippen molar-refractivity contribution in [1.82, 2.24) is 5.32 Å². The molecule has 0 unspecified atom stereocenters. The Labute approximate surface area is 118 Å². The number of hydrogen-bond donors (Lipinski definition) is 2. The molecule has 0 atom stereocenters. The van der Waals surface area contributed by atoms with E-state index in [-0.39, 0.29) is 17.0 Å². The highest BCUT2D eigenvalue weighted by Gasteiger charge is 2.11. The van der Waals surface area contributed by atoms with E-state index in [1.165, 1.54) is 13.1 Å². The first-order valence-corrected chi connectivity index (χ1v) is 6.52. The van der Waals surface area contributed by atoms with Crippen LogP contribution in [0.3, 0.4) is 0 Å². The van der Waals surface area contributed by atoms with Gasteiger partial charge in [0.1, 0.15) is 11.5 Å². The molecule has 0 aromatic heterocycles. The number of carbonyl (C=O) groups excluding carboxylic acids is 1.